The summed E-state index contributed by atoms with van der Waals surface area (Å²) in [5.41, 5.74) is 4.41. The molecule has 3 heteroatoms. The molecule has 2 aromatic carbocycles. The normalized spacial score (nSPS) is 25.9. The molecule has 3 atom stereocenters. The van der Waals surface area contributed by atoms with Gasteiger partial charge >= 0.3 is 0 Å². The smallest absolute Gasteiger partial charge is 0.0814 e. The van der Waals surface area contributed by atoms with Crippen molar-refractivity contribution in [2.45, 2.75) is 41.6 Å². The number of hydrogen-bond donors (Lipinski definition) is 1. The third kappa shape index (κ3) is 2.52. The highest BCUT2D eigenvalue weighted by Crippen LogP contribution is 2.47. The predicted octanol–water partition coefficient (Wildman–Crippen LogP) is 5.30. The summed E-state index contributed by atoms with van der Waals surface area (Å²) < 4.78 is 0. The van der Waals surface area contributed by atoms with Crippen molar-refractivity contribution < 1.29 is 0 Å². The van der Waals surface area contributed by atoms with Crippen molar-refractivity contribution >= 4 is 22.7 Å². The monoisotopic (exact) mass is 348 g/mol. The molecule has 1 aliphatic heterocycles. The van der Waals surface area contributed by atoms with Gasteiger partial charge in [-0.3, -0.25) is 0 Å². The molecule has 0 saturated carbocycles. The minimum Gasteiger partial charge on any atom is -0.349 e. The lowest BCUT2D eigenvalue weighted by Gasteiger charge is -2.45. The topological polar surface area (TPSA) is 19.0 Å². The molecule has 0 radical (unpaired) electrons. The summed E-state index contributed by atoms with van der Waals surface area (Å²) in [5, 5.41) is 2.84. The van der Waals surface area contributed by atoms with Gasteiger partial charge in [0.2, 0.25) is 0 Å². The highest BCUT2D eigenvalue weighted by atomic mass is 32.2. The van der Waals surface area contributed by atoms with Crippen LogP contribution in [0.4, 0.5) is 0 Å². The van der Waals surface area contributed by atoms with Gasteiger partial charge < -0.3 is 9.88 Å². The molecule has 3 aromatic rings. The second-order valence-corrected chi connectivity index (χ2v) is 8.86. The van der Waals surface area contributed by atoms with Crippen LogP contribution in [0.2, 0.25) is 0 Å². The van der Waals surface area contributed by atoms with Crippen molar-refractivity contribution in [3.63, 3.8) is 0 Å². The molecule has 1 aromatic heterocycles. The number of likely N-dealkylation sites (tertiary alicyclic amines) is 1. The molecule has 1 fully saturated rings. The molecule has 1 aliphatic carbocycles. The third-order valence-corrected chi connectivity index (χ3v) is 7.04. The molecule has 1 unspecified atom stereocenters. The molecule has 2 nitrogen and oxygen atoms in total. The highest BCUT2D eigenvalue weighted by Gasteiger charge is 2.39. The molecule has 2 aliphatic rings. The SMILES string of the molecule is C[C@@H]1CC2c3cccc4[nH]c(Sc5ccccc5)c(c34)C[C@H]2N(C)C1. The summed E-state index contributed by atoms with van der Waals surface area (Å²) >= 11 is 1.87. The van der Waals surface area contributed by atoms with Crippen molar-refractivity contribution in [3.05, 3.63) is 59.7 Å². The van der Waals surface area contributed by atoms with Crippen LogP contribution in [-0.2, 0) is 6.42 Å². The van der Waals surface area contributed by atoms with Gasteiger partial charge in [0.15, 0.2) is 0 Å². The standard InChI is InChI=1S/C22H24N2S/c1-14-11-17-16-9-6-10-19-21(16)18(12-20(17)24(2)13-14)22(23-19)25-15-7-4-3-5-8-15/h3-10,14,17,20,23H,11-13H2,1-2H3/t14-,17?,20-/m1/s1. The summed E-state index contributed by atoms with van der Waals surface area (Å²) in [6, 6.07) is 18.2. The van der Waals surface area contributed by atoms with E-state index in [1.54, 1.807) is 5.56 Å². The lowest BCUT2D eigenvalue weighted by Crippen LogP contribution is -2.47. The summed E-state index contributed by atoms with van der Waals surface area (Å²) in [7, 11) is 2.31. The van der Waals surface area contributed by atoms with Gasteiger partial charge in [-0.25, -0.2) is 0 Å². The van der Waals surface area contributed by atoms with Crippen molar-refractivity contribution in [2.75, 3.05) is 13.6 Å². The Morgan fingerprint density at radius 2 is 1.92 bits per heavy atom. The first-order chi connectivity index (χ1) is 12.2. The average Bonchev–Trinajstić information content (AvgIpc) is 2.96. The van der Waals surface area contributed by atoms with Gasteiger partial charge in [-0.15, -0.1) is 0 Å². The fourth-order valence-electron chi connectivity index (χ4n) is 4.96. The molecule has 1 N–H and O–H groups in total. The summed E-state index contributed by atoms with van der Waals surface area (Å²) in [6.45, 7) is 3.62. The van der Waals surface area contributed by atoms with Crippen molar-refractivity contribution in [3.8, 4) is 0 Å². The molecule has 128 valence electrons. The molecular formula is C22H24N2S. The van der Waals surface area contributed by atoms with Crippen LogP contribution in [0.1, 0.15) is 30.4 Å². The Labute approximate surface area is 153 Å². The first-order valence-electron chi connectivity index (χ1n) is 9.27. The first-order valence-corrected chi connectivity index (χ1v) is 10.1. The van der Waals surface area contributed by atoms with Gasteiger partial charge in [-0.05, 0) is 55.1 Å². The summed E-state index contributed by atoms with van der Waals surface area (Å²) in [5.74, 6) is 1.45. The maximum atomic E-state index is 3.72. The number of piperidine rings is 1. The van der Waals surface area contributed by atoms with E-state index in [1.165, 1.54) is 45.8 Å². The number of aromatic amines is 1. The first kappa shape index (κ1) is 15.5. The maximum absolute atomic E-state index is 3.72. The molecule has 2 heterocycles. The lowest BCUT2D eigenvalue weighted by molar-refractivity contribution is 0.119. The second-order valence-electron chi connectivity index (χ2n) is 7.78. The number of fused-ring (bicyclic) bond motifs is 2. The van der Waals surface area contributed by atoms with Gasteiger partial charge in [-0.1, -0.05) is 49.0 Å². The fraction of sp³-hybridized carbons (Fsp3) is 0.364. The molecule has 25 heavy (non-hydrogen) atoms. The van der Waals surface area contributed by atoms with Crippen LogP contribution < -0.4 is 0 Å². The number of H-pyrrole nitrogens is 1. The van der Waals surface area contributed by atoms with Crippen LogP contribution in [0, 0.1) is 5.92 Å². The fourth-order valence-corrected chi connectivity index (χ4v) is 5.96. The molecule has 1 saturated heterocycles. The van der Waals surface area contributed by atoms with E-state index in [4.69, 9.17) is 0 Å². The largest absolute Gasteiger partial charge is 0.349 e. The van der Waals surface area contributed by atoms with Crippen molar-refractivity contribution in [1.29, 1.82) is 0 Å². The van der Waals surface area contributed by atoms with E-state index in [9.17, 15) is 0 Å². The van der Waals surface area contributed by atoms with Gasteiger partial charge in [0.25, 0.3) is 0 Å². The number of nitrogens with zero attached hydrogens (tertiary/aromatic N) is 1. The maximum Gasteiger partial charge on any atom is 0.0814 e. The molecule has 0 spiro atoms. The summed E-state index contributed by atoms with van der Waals surface area (Å²) in [6.07, 6.45) is 2.49. The molecular weight excluding hydrogens is 324 g/mol. The van der Waals surface area contributed by atoms with Gasteiger partial charge in [0.1, 0.15) is 0 Å². The third-order valence-electron chi connectivity index (χ3n) is 5.98. The number of aromatic nitrogens is 1. The second kappa shape index (κ2) is 5.93. The van der Waals surface area contributed by atoms with E-state index in [0.29, 0.717) is 12.0 Å². The van der Waals surface area contributed by atoms with Crippen LogP contribution in [-0.4, -0.2) is 29.5 Å². The molecule has 0 bridgehead atoms. The number of nitrogens with one attached hydrogen (secondary N) is 1. The van der Waals surface area contributed by atoms with Crippen molar-refractivity contribution in [1.82, 2.24) is 9.88 Å². The molecule has 0 amide bonds. The Morgan fingerprint density at radius 3 is 2.76 bits per heavy atom. The Kier molecular flexibility index (Phi) is 3.68. The zero-order chi connectivity index (χ0) is 17.0. The highest BCUT2D eigenvalue weighted by molar-refractivity contribution is 7.99. The average molecular weight is 349 g/mol. The van der Waals surface area contributed by atoms with E-state index in [1.807, 2.05) is 11.8 Å². The van der Waals surface area contributed by atoms with Crippen LogP contribution in [0.15, 0.2) is 58.5 Å². The Morgan fingerprint density at radius 1 is 1.08 bits per heavy atom. The zero-order valence-electron chi connectivity index (χ0n) is 14.8. The number of hydrogen-bond acceptors (Lipinski definition) is 2. The Hall–Kier alpha value is -1.71. The number of rotatable bonds is 2. The Balaban J connectivity index is 1.64. The van der Waals surface area contributed by atoms with Gasteiger partial charge in [0, 0.05) is 34.3 Å². The number of benzene rings is 2. The van der Waals surface area contributed by atoms with E-state index < -0.39 is 0 Å². The quantitative estimate of drug-likeness (QED) is 0.678. The van der Waals surface area contributed by atoms with Crippen LogP contribution in [0.5, 0.6) is 0 Å². The van der Waals surface area contributed by atoms with E-state index in [2.05, 4.69) is 72.4 Å². The summed E-state index contributed by atoms with van der Waals surface area (Å²) in [4.78, 5) is 7.63. The Bertz CT molecular complexity index is 914. The van der Waals surface area contributed by atoms with Crippen molar-refractivity contribution in [2.24, 2.45) is 5.92 Å². The molecule has 5 rings (SSSR count). The van der Waals surface area contributed by atoms with Crippen LogP contribution >= 0.6 is 11.8 Å². The van der Waals surface area contributed by atoms with Crippen LogP contribution in [0.3, 0.4) is 0 Å². The van der Waals surface area contributed by atoms with Crippen LogP contribution in [0.25, 0.3) is 10.9 Å². The van der Waals surface area contributed by atoms with E-state index in [0.717, 1.165) is 5.92 Å². The van der Waals surface area contributed by atoms with Gasteiger partial charge in [0.05, 0.1) is 5.03 Å². The predicted molar refractivity (Wildman–Crippen MR) is 106 cm³/mol. The minimum atomic E-state index is 0.639. The minimum absolute atomic E-state index is 0.639. The van der Waals surface area contributed by atoms with E-state index in [-0.39, 0.29) is 0 Å². The zero-order valence-corrected chi connectivity index (χ0v) is 15.6. The lowest BCUT2D eigenvalue weighted by atomic mass is 9.73. The van der Waals surface area contributed by atoms with Gasteiger partial charge in [-0.2, -0.15) is 0 Å². The van der Waals surface area contributed by atoms with E-state index >= 15 is 0 Å². The number of likely N-dealkylation sites (N-methyl/N-ethyl adjacent to an activating group) is 1.